The molecule has 5 fully saturated rings. The number of hydrogen-bond acceptors (Lipinski definition) is 3. The summed E-state index contributed by atoms with van der Waals surface area (Å²) in [6, 6.07) is -0.447. The zero-order chi connectivity index (χ0) is 19.2. The van der Waals surface area contributed by atoms with Crippen molar-refractivity contribution in [3.05, 3.63) is 0 Å². The number of carbonyl (C=O) groups excluding carboxylic acids is 2. The second-order valence-corrected chi connectivity index (χ2v) is 10.3. The Kier molecular flexibility index (Phi) is 5.23. The van der Waals surface area contributed by atoms with E-state index in [4.69, 9.17) is 0 Å². The summed E-state index contributed by atoms with van der Waals surface area (Å²) >= 11 is 0. The van der Waals surface area contributed by atoms with Crippen LogP contribution in [0.1, 0.15) is 52.4 Å². The van der Waals surface area contributed by atoms with Crippen molar-refractivity contribution in [2.24, 2.45) is 29.1 Å². The van der Waals surface area contributed by atoms with Crippen LogP contribution in [-0.2, 0) is 9.59 Å². The second-order valence-electron chi connectivity index (χ2n) is 10.3. The van der Waals surface area contributed by atoms with Gasteiger partial charge in [-0.25, -0.2) is 5.01 Å². The topological polar surface area (TPSA) is 65.9 Å². The van der Waals surface area contributed by atoms with Crippen LogP contribution in [0.2, 0.25) is 0 Å². The number of hydrazine groups is 1. The smallest absolute Gasteiger partial charge is 0.257 e. The Bertz CT molecular complexity index is 547. The zero-order valence-corrected chi connectivity index (χ0v) is 17.2. The van der Waals surface area contributed by atoms with Gasteiger partial charge in [-0.2, -0.15) is 0 Å². The fourth-order valence-corrected chi connectivity index (χ4v) is 6.44. The van der Waals surface area contributed by atoms with E-state index >= 15 is 0 Å². The predicted octanol–water partition coefficient (Wildman–Crippen LogP) is 0.205. The van der Waals surface area contributed by atoms with Crippen LogP contribution in [0.15, 0.2) is 0 Å². The summed E-state index contributed by atoms with van der Waals surface area (Å²) < 4.78 is 0. The standard InChI is InChI=1S/C21H36N4O2/c1-14(2)18(19(26)23-25-6-4-24(3)5-7-25)22-20(27)21-11-15-8-16(12-21)10-17(9-15)13-21/h14-18H,4-13H2,1-3H3,(H,22,27)(H,23,26)/p+1/t15?,16?,17?,18-,21?/m0/s1. The molecular weight excluding hydrogens is 340 g/mol. The van der Waals surface area contributed by atoms with Gasteiger partial charge in [0.25, 0.3) is 5.91 Å². The summed E-state index contributed by atoms with van der Waals surface area (Å²) in [5, 5.41) is 5.20. The SMILES string of the molecule is CC(C)[C@H](NC(=O)C12CC3CC(CC(C3)C1)C2)C(=O)NN1CC[NH+](C)CC1. The molecule has 1 saturated heterocycles. The summed E-state index contributed by atoms with van der Waals surface area (Å²) in [5.74, 6) is 2.39. The van der Waals surface area contributed by atoms with Crippen molar-refractivity contribution in [1.29, 1.82) is 0 Å². The molecule has 1 aliphatic heterocycles. The normalized spacial score (nSPS) is 37.4. The van der Waals surface area contributed by atoms with Crippen molar-refractivity contribution in [2.75, 3.05) is 33.2 Å². The van der Waals surface area contributed by atoms with Gasteiger partial charge in [0.05, 0.1) is 33.2 Å². The summed E-state index contributed by atoms with van der Waals surface area (Å²) in [4.78, 5) is 27.8. The molecule has 1 atom stereocenters. The molecule has 4 bridgehead atoms. The molecule has 0 aromatic heterocycles. The first kappa shape index (κ1) is 19.2. The number of carbonyl (C=O) groups is 2. The molecule has 6 heteroatoms. The minimum absolute atomic E-state index is 0.0531. The van der Waals surface area contributed by atoms with Gasteiger partial charge in [0.2, 0.25) is 5.91 Å². The molecule has 4 saturated carbocycles. The van der Waals surface area contributed by atoms with Crippen molar-refractivity contribution in [3.63, 3.8) is 0 Å². The lowest BCUT2D eigenvalue weighted by Crippen LogP contribution is -3.12. The number of quaternary nitrogens is 1. The van der Waals surface area contributed by atoms with Crippen molar-refractivity contribution in [2.45, 2.75) is 58.4 Å². The number of piperazine rings is 1. The minimum Gasteiger partial charge on any atom is -0.344 e. The average molecular weight is 378 g/mol. The second kappa shape index (κ2) is 7.36. The third-order valence-electron chi connectivity index (χ3n) is 7.64. The van der Waals surface area contributed by atoms with Gasteiger partial charge >= 0.3 is 0 Å². The van der Waals surface area contributed by atoms with Gasteiger partial charge in [0, 0.05) is 5.41 Å². The Morgan fingerprint density at radius 1 is 1.00 bits per heavy atom. The number of amides is 2. The maximum atomic E-state index is 13.3. The van der Waals surface area contributed by atoms with E-state index in [1.54, 1.807) is 0 Å². The number of nitrogens with one attached hydrogen (secondary N) is 3. The van der Waals surface area contributed by atoms with Gasteiger partial charge in [0.1, 0.15) is 6.04 Å². The maximum absolute atomic E-state index is 13.3. The molecule has 4 aliphatic carbocycles. The van der Waals surface area contributed by atoms with E-state index in [0.717, 1.165) is 63.2 Å². The molecule has 6 nitrogen and oxygen atoms in total. The fourth-order valence-electron chi connectivity index (χ4n) is 6.44. The molecule has 1 heterocycles. The van der Waals surface area contributed by atoms with Crippen LogP contribution >= 0.6 is 0 Å². The Balaban J connectivity index is 1.39. The largest absolute Gasteiger partial charge is 0.344 e. The zero-order valence-electron chi connectivity index (χ0n) is 17.2. The fraction of sp³-hybridized carbons (Fsp3) is 0.905. The van der Waals surface area contributed by atoms with E-state index in [1.807, 2.05) is 18.9 Å². The number of likely N-dealkylation sites (N-methyl/N-ethyl adjacent to an activating group) is 1. The summed E-state index contributed by atoms with van der Waals surface area (Å²) in [7, 11) is 2.18. The molecule has 2 amide bonds. The Morgan fingerprint density at radius 3 is 2.00 bits per heavy atom. The molecule has 27 heavy (non-hydrogen) atoms. The van der Waals surface area contributed by atoms with E-state index in [1.165, 1.54) is 24.2 Å². The molecule has 0 spiro atoms. The van der Waals surface area contributed by atoms with Crippen molar-refractivity contribution in [3.8, 4) is 0 Å². The first-order valence-electron chi connectivity index (χ1n) is 11.0. The third-order valence-corrected chi connectivity index (χ3v) is 7.64. The lowest BCUT2D eigenvalue weighted by Gasteiger charge is -2.55. The number of nitrogens with zero attached hydrogens (tertiary/aromatic N) is 1. The highest BCUT2D eigenvalue weighted by atomic mass is 16.2. The van der Waals surface area contributed by atoms with Gasteiger partial charge in [-0.3, -0.25) is 15.0 Å². The Morgan fingerprint density at radius 2 is 1.52 bits per heavy atom. The molecule has 5 aliphatic rings. The van der Waals surface area contributed by atoms with Crippen LogP contribution in [0.5, 0.6) is 0 Å². The first-order valence-corrected chi connectivity index (χ1v) is 11.0. The Hall–Kier alpha value is -1.14. The van der Waals surface area contributed by atoms with Gasteiger partial charge in [-0.05, 0) is 62.2 Å². The molecule has 152 valence electrons. The monoisotopic (exact) mass is 377 g/mol. The first-order chi connectivity index (χ1) is 12.8. The van der Waals surface area contributed by atoms with Gasteiger partial charge in [-0.15, -0.1) is 0 Å². The maximum Gasteiger partial charge on any atom is 0.257 e. The van der Waals surface area contributed by atoms with Gasteiger partial charge in [0.15, 0.2) is 0 Å². The van der Waals surface area contributed by atoms with Crippen LogP contribution in [0.4, 0.5) is 0 Å². The van der Waals surface area contributed by atoms with Crippen molar-refractivity contribution >= 4 is 11.8 Å². The van der Waals surface area contributed by atoms with Gasteiger partial charge in [-0.1, -0.05) is 13.8 Å². The van der Waals surface area contributed by atoms with Crippen LogP contribution < -0.4 is 15.6 Å². The molecule has 5 rings (SSSR count). The summed E-state index contributed by atoms with van der Waals surface area (Å²) in [6.45, 7) is 7.85. The van der Waals surface area contributed by atoms with Crippen LogP contribution in [-0.4, -0.2) is 56.1 Å². The van der Waals surface area contributed by atoms with Crippen molar-refractivity contribution < 1.29 is 14.5 Å². The lowest BCUT2D eigenvalue weighted by atomic mass is 9.49. The highest BCUT2D eigenvalue weighted by molar-refractivity contribution is 5.90. The predicted molar refractivity (Wildman–Crippen MR) is 104 cm³/mol. The van der Waals surface area contributed by atoms with E-state index in [2.05, 4.69) is 17.8 Å². The molecule has 3 N–H and O–H groups in total. The van der Waals surface area contributed by atoms with Gasteiger partial charge < -0.3 is 10.2 Å². The van der Waals surface area contributed by atoms with Crippen molar-refractivity contribution in [1.82, 2.24) is 15.8 Å². The van der Waals surface area contributed by atoms with E-state index in [9.17, 15) is 9.59 Å². The molecule has 0 unspecified atom stereocenters. The van der Waals surface area contributed by atoms with Crippen LogP contribution in [0.25, 0.3) is 0 Å². The van der Waals surface area contributed by atoms with E-state index in [0.29, 0.717) is 0 Å². The highest BCUT2D eigenvalue weighted by Crippen LogP contribution is 2.60. The quantitative estimate of drug-likeness (QED) is 0.642. The average Bonchev–Trinajstić information content (AvgIpc) is 2.59. The van der Waals surface area contributed by atoms with E-state index < -0.39 is 6.04 Å². The molecule has 0 radical (unpaired) electrons. The van der Waals surface area contributed by atoms with E-state index in [-0.39, 0.29) is 23.1 Å². The third kappa shape index (κ3) is 3.88. The van der Waals surface area contributed by atoms with Crippen LogP contribution in [0, 0.1) is 29.1 Å². The summed E-state index contributed by atoms with van der Waals surface area (Å²) in [5.41, 5.74) is 2.87. The highest BCUT2D eigenvalue weighted by Gasteiger charge is 2.55. The minimum atomic E-state index is -0.447. The molecule has 0 aromatic carbocycles. The summed E-state index contributed by atoms with van der Waals surface area (Å²) in [6.07, 6.45) is 7.10. The van der Waals surface area contributed by atoms with Crippen LogP contribution in [0.3, 0.4) is 0 Å². The number of rotatable bonds is 5. The number of hydrogen-bond donors (Lipinski definition) is 3. The molecule has 0 aromatic rings. The Labute approximate surface area is 163 Å². The molecular formula is C21H37N4O2+. The lowest BCUT2D eigenvalue weighted by molar-refractivity contribution is -0.884.